The summed E-state index contributed by atoms with van der Waals surface area (Å²) in [4.78, 5) is 25.4. The quantitative estimate of drug-likeness (QED) is 0.242. The van der Waals surface area contributed by atoms with Gasteiger partial charge in [0.1, 0.15) is 17.2 Å². The third kappa shape index (κ3) is 6.04. The number of aliphatic carboxylic acids is 1. The van der Waals surface area contributed by atoms with Gasteiger partial charge in [0.2, 0.25) is 0 Å². The topological polar surface area (TPSA) is 124 Å². The molecule has 4 aromatic rings. The number of rotatable bonds is 6. The number of alkyl halides is 3. The van der Waals surface area contributed by atoms with E-state index in [1.165, 1.54) is 12.1 Å². The maximum atomic E-state index is 13.4. The van der Waals surface area contributed by atoms with Crippen molar-refractivity contribution in [1.82, 2.24) is 19.9 Å². The highest BCUT2D eigenvalue weighted by Crippen LogP contribution is 2.37. The first-order valence-electron chi connectivity index (χ1n) is 9.90. The van der Waals surface area contributed by atoms with Crippen molar-refractivity contribution in [3.05, 3.63) is 60.8 Å². The number of pyridine rings is 1. The Balaban J connectivity index is 0.000000406. The van der Waals surface area contributed by atoms with Crippen molar-refractivity contribution >= 4 is 23.0 Å². The first-order valence-corrected chi connectivity index (χ1v) is 9.90. The Bertz CT molecular complexity index is 1260. The summed E-state index contributed by atoms with van der Waals surface area (Å²) >= 11 is 0. The average molecular weight is 477 g/mol. The number of carboxylic acid groups (broad SMARTS) is 1. The number of hydrogen-bond acceptors (Lipinski definition) is 6. The van der Waals surface area contributed by atoms with E-state index in [9.17, 15) is 17.6 Å². The molecule has 0 aliphatic carbocycles. The summed E-state index contributed by atoms with van der Waals surface area (Å²) in [5.41, 5.74) is 4.87. The van der Waals surface area contributed by atoms with E-state index in [0.717, 1.165) is 27.9 Å². The van der Waals surface area contributed by atoms with Gasteiger partial charge in [-0.2, -0.15) is 13.2 Å². The van der Waals surface area contributed by atoms with Gasteiger partial charge < -0.3 is 20.5 Å². The van der Waals surface area contributed by atoms with Gasteiger partial charge in [-0.25, -0.2) is 19.2 Å². The van der Waals surface area contributed by atoms with Crippen molar-refractivity contribution in [3.63, 3.8) is 0 Å². The van der Waals surface area contributed by atoms with Crippen LogP contribution in [0.2, 0.25) is 0 Å². The molecular formula is C22H19F4N5O3. The van der Waals surface area contributed by atoms with Crippen molar-refractivity contribution in [1.29, 1.82) is 0 Å². The molecule has 3 aromatic heterocycles. The molecule has 3 heterocycles. The SMILES string of the molecule is O=C(O)C(F)(F)F.OCCCNc1cc(-c2[nH]c3nccnc3c2-c2ccc(F)cc2)ccn1. The maximum Gasteiger partial charge on any atom is 0.490 e. The van der Waals surface area contributed by atoms with E-state index in [1.54, 1.807) is 30.7 Å². The highest BCUT2D eigenvalue weighted by molar-refractivity contribution is 6.00. The predicted molar refractivity (Wildman–Crippen MR) is 116 cm³/mol. The Morgan fingerprint density at radius 3 is 2.32 bits per heavy atom. The number of halogens is 4. The van der Waals surface area contributed by atoms with E-state index in [1.807, 2.05) is 12.1 Å². The van der Waals surface area contributed by atoms with Gasteiger partial charge in [0.05, 0.1) is 5.69 Å². The normalized spacial score (nSPS) is 11.1. The zero-order valence-electron chi connectivity index (χ0n) is 17.5. The van der Waals surface area contributed by atoms with Gasteiger partial charge in [-0.3, -0.25) is 4.98 Å². The fourth-order valence-electron chi connectivity index (χ4n) is 3.00. The molecule has 4 N–H and O–H groups in total. The van der Waals surface area contributed by atoms with Crippen LogP contribution in [-0.4, -0.2) is 55.4 Å². The highest BCUT2D eigenvalue weighted by Gasteiger charge is 2.38. The molecule has 178 valence electrons. The molecule has 0 unspecified atom stereocenters. The van der Waals surface area contributed by atoms with Crippen LogP contribution in [0.1, 0.15) is 6.42 Å². The zero-order valence-corrected chi connectivity index (χ0v) is 17.5. The number of nitrogens with zero attached hydrogens (tertiary/aromatic N) is 3. The lowest BCUT2D eigenvalue weighted by Gasteiger charge is -2.08. The number of benzene rings is 1. The number of H-pyrrole nitrogens is 1. The van der Waals surface area contributed by atoms with E-state index in [-0.39, 0.29) is 12.4 Å². The fraction of sp³-hybridized carbons (Fsp3) is 0.182. The maximum absolute atomic E-state index is 13.4. The van der Waals surface area contributed by atoms with Gasteiger partial charge in [0, 0.05) is 42.9 Å². The number of aromatic nitrogens is 4. The number of aromatic amines is 1. The summed E-state index contributed by atoms with van der Waals surface area (Å²) in [6, 6.07) is 10.2. The Hall–Kier alpha value is -4.06. The molecule has 0 radical (unpaired) electrons. The molecule has 0 aliphatic rings. The van der Waals surface area contributed by atoms with Crippen molar-refractivity contribution in [2.24, 2.45) is 0 Å². The van der Waals surface area contributed by atoms with Crippen LogP contribution in [0, 0.1) is 5.82 Å². The van der Waals surface area contributed by atoms with Gasteiger partial charge in [-0.15, -0.1) is 0 Å². The molecule has 0 amide bonds. The minimum Gasteiger partial charge on any atom is -0.475 e. The monoisotopic (exact) mass is 477 g/mol. The van der Waals surface area contributed by atoms with E-state index in [2.05, 4.69) is 25.3 Å². The molecule has 0 atom stereocenters. The Kier molecular flexibility index (Phi) is 7.74. The number of hydrogen-bond donors (Lipinski definition) is 4. The van der Waals surface area contributed by atoms with Crippen LogP contribution in [-0.2, 0) is 4.79 Å². The van der Waals surface area contributed by atoms with Gasteiger partial charge in [0.25, 0.3) is 0 Å². The van der Waals surface area contributed by atoms with Crippen LogP contribution in [0.3, 0.4) is 0 Å². The molecule has 0 spiro atoms. The van der Waals surface area contributed by atoms with Crippen molar-refractivity contribution < 1.29 is 32.6 Å². The third-order valence-corrected chi connectivity index (χ3v) is 4.49. The largest absolute Gasteiger partial charge is 0.490 e. The van der Waals surface area contributed by atoms with Gasteiger partial charge in [0.15, 0.2) is 5.65 Å². The number of aliphatic hydroxyl groups is 1. The van der Waals surface area contributed by atoms with E-state index >= 15 is 0 Å². The summed E-state index contributed by atoms with van der Waals surface area (Å²) in [7, 11) is 0. The van der Waals surface area contributed by atoms with E-state index < -0.39 is 12.1 Å². The van der Waals surface area contributed by atoms with Crippen molar-refractivity contribution in [2.75, 3.05) is 18.5 Å². The molecule has 0 saturated carbocycles. The number of carboxylic acids is 1. The van der Waals surface area contributed by atoms with Crippen molar-refractivity contribution in [2.45, 2.75) is 12.6 Å². The lowest BCUT2D eigenvalue weighted by molar-refractivity contribution is -0.192. The Morgan fingerprint density at radius 2 is 1.68 bits per heavy atom. The number of carbonyl (C=O) groups is 1. The first-order chi connectivity index (χ1) is 16.2. The van der Waals surface area contributed by atoms with Crippen LogP contribution in [0.4, 0.5) is 23.4 Å². The standard InChI is InChI=1S/C20H18FN5O.C2HF3O2/c21-15-4-2-13(3-5-15)17-18(26-20-19(17)24-9-10-25-20)14-6-8-23-16(12-14)22-7-1-11-27;3-2(4,5)1(6)7/h2-6,8-10,12,27H,1,7,11H2,(H,22,23)(H,25,26);(H,6,7). The van der Waals surface area contributed by atoms with Crippen LogP contribution >= 0.6 is 0 Å². The molecule has 1 aromatic carbocycles. The van der Waals surface area contributed by atoms with Crippen LogP contribution in [0.25, 0.3) is 33.5 Å². The fourth-order valence-corrected chi connectivity index (χ4v) is 3.00. The Labute approximate surface area is 190 Å². The molecule has 0 saturated heterocycles. The van der Waals surface area contributed by atoms with Gasteiger partial charge in [-0.1, -0.05) is 12.1 Å². The molecule has 0 bridgehead atoms. The van der Waals surface area contributed by atoms with Gasteiger partial charge in [-0.05, 0) is 36.2 Å². The van der Waals surface area contributed by atoms with E-state index in [4.69, 9.17) is 15.0 Å². The summed E-state index contributed by atoms with van der Waals surface area (Å²) in [6.45, 7) is 0.758. The van der Waals surface area contributed by atoms with Crippen molar-refractivity contribution in [3.8, 4) is 22.4 Å². The van der Waals surface area contributed by atoms with E-state index in [0.29, 0.717) is 24.4 Å². The number of anilines is 1. The second-order valence-electron chi connectivity index (χ2n) is 6.87. The summed E-state index contributed by atoms with van der Waals surface area (Å²) in [6.07, 6.45) is 0.553. The molecule has 0 aliphatic heterocycles. The van der Waals surface area contributed by atoms with Crippen LogP contribution in [0.5, 0.6) is 0 Å². The number of fused-ring (bicyclic) bond motifs is 1. The van der Waals surface area contributed by atoms with Gasteiger partial charge >= 0.3 is 12.1 Å². The molecule has 34 heavy (non-hydrogen) atoms. The third-order valence-electron chi connectivity index (χ3n) is 4.49. The lowest BCUT2D eigenvalue weighted by Crippen LogP contribution is -2.21. The minimum absolute atomic E-state index is 0.126. The highest BCUT2D eigenvalue weighted by atomic mass is 19.4. The molecule has 12 heteroatoms. The second-order valence-corrected chi connectivity index (χ2v) is 6.87. The molecule has 0 fully saturated rings. The van der Waals surface area contributed by atoms with Crippen LogP contribution in [0.15, 0.2) is 55.0 Å². The smallest absolute Gasteiger partial charge is 0.475 e. The summed E-state index contributed by atoms with van der Waals surface area (Å²) in [5, 5.41) is 19.2. The van der Waals surface area contributed by atoms with Crippen LogP contribution < -0.4 is 5.32 Å². The minimum atomic E-state index is -5.08. The molecule has 4 rings (SSSR count). The lowest BCUT2D eigenvalue weighted by atomic mass is 10.0. The zero-order chi connectivity index (χ0) is 24.7. The second kappa shape index (κ2) is 10.7. The Morgan fingerprint density at radius 1 is 1.00 bits per heavy atom. The number of aliphatic hydroxyl groups excluding tert-OH is 1. The molecular weight excluding hydrogens is 458 g/mol. The predicted octanol–water partition coefficient (Wildman–Crippen LogP) is 4.25. The first kappa shape index (κ1) is 24.6. The summed E-state index contributed by atoms with van der Waals surface area (Å²) < 4.78 is 45.1. The molecule has 8 nitrogen and oxygen atoms in total. The number of nitrogens with one attached hydrogen (secondary N) is 2. The average Bonchev–Trinajstić information content (AvgIpc) is 3.19. The summed E-state index contributed by atoms with van der Waals surface area (Å²) in [5.74, 6) is -2.33.